The van der Waals surface area contributed by atoms with Gasteiger partial charge in [0.1, 0.15) is 5.69 Å². The Bertz CT molecular complexity index is 736. The highest BCUT2D eigenvalue weighted by Gasteiger charge is 2.12. The Kier molecular flexibility index (Phi) is 2.26. The zero-order chi connectivity index (χ0) is 12.5. The van der Waals surface area contributed by atoms with Crippen molar-refractivity contribution in [3.8, 4) is 11.3 Å². The van der Waals surface area contributed by atoms with Crippen LogP contribution in [-0.2, 0) is 0 Å². The number of aromatic nitrogens is 3. The summed E-state index contributed by atoms with van der Waals surface area (Å²) in [5.41, 5.74) is 1.25. The standard InChI is InChI=1S/C12H7N3O3/c16-12(17)11-4-10(15-18-11)7-1-2-8-5-13-14-6-9(8)3-7/h1-6H,(H,16,17). The van der Waals surface area contributed by atoms with Gasteiger partial charge in [-0.15, -0.1) is 0 Å². The predicted octanol–water partition coefficient (Wildman–Crippen LogP) is 1.98. The number of fused-ring (bicyclic) bond motifs is 1. The van der Waals surface area contributed by atoms with Crippen molar-refractivity contribution in [2.75, 3.05) is 0 Å². The molecule has 1 N–H and O–H groups in total. The second-order valence-corrected chi connectivity index (χ2v) is 3.71. The lowest BCUT2D eigenvalue weighted by Crippen LogP contribution is -1.91. The highest BCUT2D eigenvalue weighted by Crippen LogP contribution is 2.23. The highest BCUT2D eigenvalue weighted by molar-refractivity contribution is 5.88. The number of rotatable bonds is 2. The fourth-order valence-corrected chi connectivity index (χ4v) is 1.67. The van der Waals surface area contributed by atoms with E-state index in [4.69, 9.17) is 9.63 Å². The van der Waals surface area contributed by atoms with E-state index < -0.39 is 5.97 Å². The minimum Gasteiger partial charge on any atom is -0.475 e. The zero-order valence-electron chi connectivity index (χ0n) is 9.07. The third-order valence-electron chi connectivity index (χ3n) is 2.56. The Balaban J connectivity index is 2.10. The van der Waals surface area contributed by atoms with Gasteiger partial charge < -0.3 is 9.63 Å². The molecule has 0 fully saturated rings. The molecule has 0 spiro atoms. The Hall–Kier alpha value is -2.76. The fourth-order valence-electron chi connectivity index (χ4n) is 1.67. The second-order valence-electron chi connectivity index (χ2n) is 3.71. The van der Waals surface area contributed by atoms with Crippen molar-refractivity contribution in [1.29, 1.82) is 0 Å². The molecule has 2 heterocycles. The molecule has 6 nitrogen and oxygen atoms in total. The quantitative estimate of drug-likeness (QED) is 0.737. The molecule has 0 aliphatic carbocycles. The number of carboxylic acid groups (broad SMARTS) is 1. The van der Waals surface area contributed by atoms with Gasteiger partial charge in [-0.2, -0.15) is 10.2 Å². The largest absolute Gasteiger partial charge is 0.475 e. The van der Waals surface area contributed by atoms with Crippen molar-refractivity contribution < 1.29 is 14.4 Å². The van der Waals surface area contributed by atoms with E-state index in [1.54, 1.807) is 12.4 Å². The Morgan fingerprint density at radius 1 is 1.11 bits per heavy atom. The molecule has 6 heteroatoms. The van der Waals surface area contributed by atoms with Crippen molar-refractivity contribution in [2.24, 2.45) is 0 Å². The molecule has 0 atom stereocenters. The van der Waals surface area contributed by atoms with Gasteiger partial charge in [0.15, 0.2) is 0 Å². The number of benzene rings is 1. The third kappa shape index (κ3) is 1.69. The number of hydrogen-bond donors (Lipinski definition) is 1. The van der Waals surface area contributed by atoms with Crippen LogP contribution in [0.25, 0.3) is 22.0 Å². The molecule has 18 heavy (non-hydrogen) atoms. The van der Waals surface area contributed by atoms with E-state index in [2.05, 4.69) is 15.4 Å². The van der Waals surface area contributed by atoms with Gasteiger partial charge >= 0.3 is 5.97 Å². The molecule has 0 radical (unpaired) electrons. The number of carboxylic acids is 1. The first-order valence-corrected chi connectivity index (χ1v) is 5.15. The molecule has 0 aliphatic heterocycles. The van der Waals surface area contributed by atoms with E-state index in [-0.39, 0.29) is 5.76 Å². The molecule has 3 aromatic rings. The Morgan fingerprint density at radius 3 is 2.61 bits per heavy atom. The van der Waals surface area contributed by atoms with E-state index >= 15 is 0 Å². The van der Waals surface area contributed by atoms with Gasteiger partial charge in [0.2, 0.25) is 5.76 Å². The van der Waals surface area contributed by atoms with Crippen LogP contribution < -0.4 is 0 Å². The van der Waals surface area contributed by atoms with E-state index in [1.165, 1.54) is 6.07 Å². The van der Waals surface area contributed by atoms with Gasteiger partial charge in [-0.3, -0.25) is 0 Å². The minimum atomic E-state index is -1.14. The van der Waals surface area contributed by atoms with Crippen LogP contribution in [0.2, 0.25) is 0 Å². The zero-order valence-corrected chi connectivity index (χ0v) is 9.07. The molecule has 0 aliphatic rings. The van der Waals surface area contributed by atoms with Crippen LogP contribution in [0.15, 0.2) is 41.2 Å². The normalized spacial score (nSPS) is 10.7. The summed E-state index contributed by atoms with van der Waals surface area (Å²) in [7, 11) is 0. The fraction of sp³-hybridized carbons (Fsp3) is 0. The van der Waals surface area contributed by atoms with E-state index in [1.807, 2.05) is 18.2 Å². The topological polar surface area (TPSA) is 89.1 Å². The number of nitrogens with zero attached hydrogens (tertiary/aromatic N) is 3. The van der Waals surface area contributed by atoms with Crippen LogP contribution in [0, 0.1) is 0 Å². The van der Waals surface area contributed by atoms with E-state index in [0.29, 0.717) is 5.69 Å². The summed E-state index contributed by atoms with van der Waals surface area (Å²) in [6, 6.07) is 6.94. The van der Waals surface area contributed by atoms with Crippen LogP contribution >= 0.6 is 0 Å². The van der Waals surface area contributed by atoms with E-state index in [0.717, 1.165) is 16.3 Å². The summed E-state index contributed by atoms with van der Waals surface area (Å²) < 4.78 is 4.72. The molecule has 3 rings (SSSR count). The van der Waals surface area contributed by atoms with Gasteiger partial charge in [-0.05, 0) is 6.07 Å². The average Bonchev–Trinajstić information content (AvgIpc) is 2.88. The summed E-state index contributed by atoms with van der Waals surface area (Å²) in [4.78, 5) is 10.7. The maximum atomic E-state index is 10.7. The summed E-state index contributed by atoms with van der Waals surface area (Å²) >= 11 is 0. The summed E-state index contributed by atoms with van der Waals surface area (Å²) in [6.45, 7) is 0. The Labute approximate surface area is 101 Å². The van der Waals surface area contributed by atoms with Gasteiger partial charge in [0, 0.05) is 22.4 Å². The Morgan fingerprint density at radius 2 is 1.89 bits per heavy atom. The third-order valence-corrected chi connectivity index (χ3v) is 2.56. The highest BCUT2D eigenvalue weighted by atomic mass is 16.5. The molecule has 0 bridgehead atoms. The molecule has 1 aromatic carbocycles. The first kappa shape index (κ1) is 10.4. The molecule has 2 aromatic heterocycles. The number of hydrogen-bond acceptors (Lipinski definition) is 5. The van der Waals surface area contributed by atoms with Crippen LogP contribution in [0.1, 0.15) is 10.6 Å². The van der Waals surface area contributed by atoms with Crippen LogP contribution in [0.5, 0.6) is 0 Å². The first-order chi connectivity index (χ1) is 8.74. The molecule has 88 valence electrons. The molecule has 0 saturated heterocycles. The lowest BCUT2D eigenvalue weighted by atomic mass is 10.1. The van der Waals surface area contributed by atoms with Crippen molar-refractivity contribution in [2.45, 2.75) is 0 Å². The van der Waals surface area contributed by atoms with Gasteiger partial charge in [-0.25, -0.2) is 4.79 Å². The van der Waals surface area contributed by atoms with Crippen molar-refractivity contribution >= 4 is 16.7 Å². The van der Waals surface area contributed by atoms with E-state index in [9.17, 15) is 4.79 Å². The summed E-state index contributed by atoms with van der Waals surface area (Å²) in [5.74, 6) is -1.32. The molecular weight excluding hydrogens is 234 g/mol. The van der Waals surface area contributed by atoms with Crippen molar-refractivity contribution in [3.63, 3.8) is 0 Å². The maximum absolute atomic E-state index is 10.7. The van der Waals surface area contributed by atoms with Crippen LogP contribution in [-0.4, -0.2) is 26.4 Å². The molecular formula is C12H7N3O3. The van der Waals surface area contributed by atoms with Crippen LogP contribution in [0.4, 0.5) is 0 Å². The minimum absolute atomic E-state index is 0.182. The number of carbonyl (C=O) groups is 1. The second kappa shape index (κ2) is 3.92. The molecule has 0 unspecified atom stereocenters. The summed E-state index contributed by atoms with van der Waals surface area (Å²) in [5, 5.41) is 21.9. The van der Waals surface area contributed by atoms with Crippen LogP contribution in [0.3, 0.4) is 0 Å². The smallest absolute Gasteiger partial charge is 0.374 e. The molecule has 0 amide bonds. The predicted molar refractivity (Wildman–Crippen MR) is 62.0 cm³/mol. The number of aromatic carboxylic acids is 1. The molecule has 0 saturated carbocycles. The average molecular weight is 241 g/mol. The maximum Gasteiger partial charge on any atom is 0.374 e. The van der Waals surface area contributed by atoms with Gasteiger partial charge in [0.05, 0.1) is 12.4 Å². The monoisotopic (exact) mass is 241 g/mol. The van der Waals surface area contributed by atoms with Crippen molar-refractivity contribution in [3.05, 3.63) is 42.4 Å². The summed E-state index contributed by atoms with van der Waals surface area (Å²) in [6.07, 6.45) is 3.29. The van der Waals surface area contributed by atoms with Crippen molar-refractivity contribution in [1.82, 2.24) is 15.4 Å². The SMILES string of the molecule is O=C(O)c1cc(-c2ccc3cnncc3c2)no1. The first-order valence-electron chi connectivity index (χ1n) is 5.15. The van der Waals surface area contributed by atoms with Gasteiger partial charge in [0.25, 0.3) is 0 Å². The lowest BCUT2D eigenvalue weighted by molar-refractivity contribution is 0.0652. The lowest BCUT2D eigenvalue weighted by Gasteiger charge is -1.98. The van der Waals surface area contributed by atoms with Gasteiger partial charge in [-0.1, -0.05) is 17.3 Å².